The zero-order valence-corrected chi connectivity index (χ0v) is 12.5. The summed E-state index contributed by atoms with van der Waals surface area (Å²) in [5, 5.41) is 2.82. The van der Waals surface area contributed by atoms with Gasteiger partial charge in [0.2, 0.25) is 0 Å². The molecule has 23 heavy (non-hydrogen) atoms. The first-order chi connectivity index (χ1) is 10.8. The molecule has 0 spiro atoms. The Balaban J connectivity index is 2.39. The fourth-order valence-corrected chi connectivity index (χ4v) is 2.18. The van der Waals surface area contributed by atoms with Gasteiger partial charge in [0.05, 0.1) is 17.2 Å². The first-order valence-corrected chi connectivity index (χ1v) is 6.77. The molecule has 2 aromatic rings. The number of aryl methyl sites for hydroxylation is 1. The van der Waals surface area contributed by atoms with Crippen molar-refractivity contribution < 1.29 is 18.0 Å². The van der Waals surface area contributed by atoms with Crippen LogP contribution in [0.3, 0.4) is 0 Å². The van der Waals surface area contributed by atoms with E-state index in [0.29, 0.717) is 12.1 Å². The Hall–Kier alpha value is -2.64. The van der Waals surface area contributed by atoms with Gasteiger partial charge < -0.3 is 11.1 Å². The number of nitrogen functional groups attached to an aromatic ring is 1. The predicted molar refractivity (Wildman–Crippen MR) is 80.0 cm³/mol. The van der Waals surface area contributed by atoms with Crippen LogP contribution < -0.4 is 11.1 Å². The number of carbonyl (C=O) groups is 1. The molecular weight excluding hydrogens is 309 g/mol. The number of rotatable bonds is 5. The summed E-state index contributed by atoms with van der Waals surface area (Å²) >= 11 is 0. The molecule has 0 saturated heterocycles. The SMILES string of the molecule is Cc1nc(N)c(C=O)c(NC(C)c2cccc(C(F)F)c2F)n1. The van der Waals surface area contributed by atoms with E-state index in [4.69, 9.17) is 5.73 Å². The third-order valence-corrected chi connectivity index (χ3v) is 3.32. The second kappa shape index (κ2) is 6.64. The van der Waals surface area contributed by atoms with Crippen molar-refractivity contribution in [2.45, 2.75) is 26.3 Å². The average Bonchev–Trinajstić information content (AvgIpc) is 2.46. The fourth-order valence-electron chi connectivity index (χ4n) is 2.18. The van der Waals surface area contributed by atoms with E-state index in [1.54, 1.807) is 13.8 Å². The first kappa shape index (κ1) is 16.7. The van der Waals surface area contributed by atoms with E-state index < -0.39 is 23.8 Å². The molecule has 122 valence electrons. The van der Waals surface area contributed by atoms with Crippen LogP contribution in [-0.2, 0) is 0 Å². The van der Waals surface area contributed by atoms with Crippen molar-refractivity contribution in [3.63, 3.8) is 0 Å². The number of anilines is 2. The van der Waals surface area contributed by atoms with Crippen molar-refractivity contribution in [1.29, 1.82) is 0 Å². The van der Waals surface area contributed by atoms with Crippen molar-refractivity contribution >= 4 is 17.9 Å². The topological polar surface area (TPSA) is 80.9 Å². The normalized spacial score (nSPS) is 12.3. The van der Waals surface area contributed by atoms with Crippen molar-refractivity contribution in [3.05, 3.63) is 46.5 Å². The van der Waals surface area contributed by atoms with Crippen molar-refractivity contribution in [3.8, 4) is 0 Å². The first-order valence-electron chi connectivity index (χ1n) is 6.77. The maximum absolute atomic E-state index is 14.2. The van der Waals surface area contributed by atoms with Gasteiger partial charge in [-0.15, -0.1) is 0 Å². The molecular formula is C15H15F3N4O. The second-order valence-electron chi connectivity index (χ2n) is 4.95. The zero-order chi connectivity index (χ0) is 17.1. The Labute approximate surface area is 130 Å². The average molecular weight is 324 g/mol. The Bertz CT molecular complexity index is 737. The number of benzene rings is 1. The van der Waals surface area contributed by atoms with Crippen LogP contribution in [0.5, 0.6) is 0 Å². The monoisotopic (exact) mass is 324 g/mol. The molecule has 0 fully saturated rings. The van der Waals surface area contributed by atoms with Crippen LogP contribution in [0.4, 0.5) is 24.8 Å². The lowest BCUT2D eigenvalue weighted by atomic mass is 10.0. The molecule has 1 aromatic carbocycles. The van der Waals surface area contributed by atoms with E-state index in [0.717, 1.165) is 6.07 Å². The lowest BCUT2D eigenvalue weighted by molar-refractivity contribution is 0.112. The summed E-state index contributed by atoms with van der Waals surface area (Å²) < 4.78 is 39.7. The fraction of sp³-hybridized carbons (Fsp3) is 0.267. The number of nitrogens with zero attached hydrogens (tertiary/aromatic N) is 2. The third-order valence-electron chi connectivity index (χ3n) is 3.32. The van der Waals surface area contributed by atoms with Gasteiger partial charge in [-0.2, -0.15) is 0 Å². The summed E-state index contributed by atoms with van der Waals surface area (Å²) in [5.41, 5.74) is 5.04. The van der Waals surface area contributed by atoms with Gasteiger partial charge >= 0.3 is 0 Å². The van der Waals surface area contributed by atoms with E-state index >= 15 is 0 Å². The molecule has 1 unspecified atom stereocenters. The van der Waals surface area contributed by atoms with Gasteiger partial charge in [-0.1, -0.05) is 18.2 Å². The van der Waals surface area contributed by atoms with Crippen molar-refractivity contribution in [1.82, 2.24) is 9.97 Å². The maximum Gasteiger partial charge on any atom is 0.266 e. The summed E-state index contributed by atoms with van der Waals surface area (Å²) in [6.07, 6.45) is -2.43. The van der Waals surface area contributed by atoms with Gasteiger partial charge in [-0.25, -0.2) is 23.1 Å². The minimum Gasteiger partial charge on any atom is -0.383 e. The zero-order valence-electron chi connectivity index (χ0n) is 12.5. The number of carbonyl (C=O) groups excluding carboxylic acids is 1. The molecule has 0 amide bonds. The molecule has 1 heterocycles. The second-order valence-corrected chi connectivity index (χ2v) is 4.95. The standard InChI is InChI=1S/C15H15F3N4O/c1-7(9-4-3-5-10(12(9)16)13(17)18)20-15-11(6-23)14(19)21-8(2)22-15/h3-7,13H,1-2H3,(H3,19,20,21,22). The lowest BCUT2D eigenvalue weighted by Crippen LogP contribution is -2.15. The number of hydrogen-bond acceptors (Lipinski definition) is 5. The van der Waals surface area contributed by atoms with Crippen LogP contribution in [0.25, 0.3) is 0 Å². The number of nitrogens with two attached hydrogens (primary N) is 1. The summed E-state index contributed by atoms with van der Waals surface area (Å²) in [6, 6.07) is 3.05. The molecule has 1 aromatic heterocycles. The van der Waals surface area contributed by atoms with Crippen LogP contribution in [0.1, 0.15) is 46.7 Å². The number of aldehydes is 1. The molecule has 5 nitrogen and oxygen atoms in total. The number of nitrogens with one attached hydrogen (secondary N) is 1. The molecule has 0 aliphatic carbocycles. The molecule has 2 rings (SSSR count). The van der Waals surface area contributed by atoms with E-state index in [9.17, 15) is 18.0 Å². The van der Waals surface area contributed by atoms with Gasteiger partial charge in [-0.3, -0.25) is 4.79 Å². The Morgan fingerprint density at radius 1 is 1.26 bits per heavy atom. The molecule has 0 aliphatic rings. The maximum atomic E-state index is 14.2. The van der Waals surface area contributed by atoms with E-state index in [1.807, 2.05) is 0 Å². The summed E-state index contributed by atoms with van der Waals surface area (Å²) in [7, 11) is 0. The number of halogens is 3. The number of hydrogen-bond donors (Lipinski definition) is 2. The van der Waals surface area contributed by atoms with E-state index in [2.05, 4.69) is 15.3 Å². The highest BCUT2D eigenvalue weighted by Gasteiger charge is 2.21. The molecule has 0 saturated carbocycles. The van der Waals surface area contributed by atoms with Crippen LogP contribution in [0.2, 0.25) is 0 Å². The summed E-state index contributed by atoms with van der Waals surface area (Å²) in [6.45, 7) is 3.15. The molecule has 0 aliphatic heterocycles. The summed E-state index contributed by atoms with van der Waals surface area (Å²) in [4.78, 5) is 19.0. The largest absolute Gasteiger partial charge is 0.383 e. The Morgan fingerprint density at radius 3 is 2.52 bits per heavy atom. The van der Waals surface area contributed by atoms with Crippen LogP contribution in [0, 0.1) is 12.7 Å². The smallest absolute Gasteiger partial charge is 0.266 e. The van der Waals surface area contributed by atoms with Gasteiger partial charge in [0.25, 0.3) is 6.43 Å². The highest BCUT2D eigenvalue weighted by atomic mass is 19.3. The lowest BCUT2D eigenvalue weighted by Gasteiger charge is -2.18. The van der Waals surface area contributed by atoms with Crippen LogP contribution in [-0.4, -0.2) is 16.3 Å². The van der Waals surface area contributed by atoms with Gasteiger partial charge in [-0.05, 0) is 13.8 Å². The highest BCUT2D eigenvalue weighted by molar-refractivity contribution is 5.88. The molecule has 0 bridgehead atoms. The quantitative estimate of drug-likeness (QED) is 0.824. The third kappa shape index (κ3) is 3.41. The van der Waals surface area contributed by atoms with Gasteiger partial charge in [0, 0.05) is 5.56 Å². The van der Waals surface area contributed by atoms with E-state index in [-0.39, 0.29) is 22.8 Å². The minimum absolute atomic E-state index is 0.0102. The van der Waals surface area contributed by atoms with Gasteiger partial charge in [0.1, 0.15) is 23.3 Å². The number of aromatic nitrogens is 2. The van der Waals surface area contributed by atoms with Gasteiger partial charge in [0.15, 0.2) is 6.29 Å². The van der Waals surface area contributed by atoms with Crippen molar-refractivity contribution in [2.75, 3.05) is 11.1 Å². The number of alkyl halides is 2. The molecule has 0 radical (unpaired) electrons. The van der Waals surface area contributed by atoms with Crippen LogP contribution in [0.15, 0.2) is 18.2 Å². The molecule has 8 heteroatoms. The van der Waals surface area contributed by atoms with Crippen molar-refractivity contribution in [2.24, 2.45) is 0 Å². The highest BCUT2D eigenvalue weighted by Crippen LogP contribution is 2.29. The molecule has 3 N–H and O–H groups in total. The Morgan fingerprint density at radius 2 is 1.91 bits per heavy atom. The Kier molecular flexibility index (Phi) is 4.83. The minimum atomic E-state index is -2.91. The molecule has 1 atom stereocenters. The predicted octanol–water partition coefficient (Wildman–Crippen LogP) is 3.43. The van der Waals surface area contributed by atoms with Crippen LogP contribution >= 0.6 is 0 Å². The summed E-state index contributed by atoms with van der Waals surface area (Å²) in [5.74, 6) is -0.554. The van der Waals surface area contributed by atoms with E-state index in [1.165, 1.54) is 12.1 Å².